The van der Waals surface area contributed by atoms with Crippen molar-refractivity contribution >= 4 is 28.2 Å². The zero-order valence-corrected chi connectivity index (χ0v) is 15.3. The summed E-state index contributed by atoms with van der Waals surface area (Å²) >= 11 is 0. The van der Waals surface area contributed by atoms with E-state index in [1.54, 1.807) is 10.6 Å². The molecule has 1 unspecified atom stereocenters. The summed E-state index contributed by atoms with van der Waals surface area (Å²) in [4.78, 5) is 26.0. The zero-order chi connectivity index (χ0) is 19.7. The lowest BCUT2D eigenvalue weighted by atomic mass is 9.89. The molecule has 7 nitrogen and oxygen atoms in total. The summed E-state index contributed by atoms with van der Waals surface area (Å²) in [6, 6.07) is 1.59. The number of rotatable bonds is 3. The number of carbonyl (C=O) groups is 1. The normalized spacial score (nSPS) is 21.8. The number of nitrogens with zero attached hydrogens (tertiary/aromatic N) is 2. The highest BCUT2D eigenvalue weighted by Gasteiger charge is 2.38. The lowest BCUT2D eigenvalue weighted by molar-refractivity contribution is 0.0695. The topological polar surface area (TPSA) is 115 Å². The molecule has 1 aromatic carbocycles. The average Bonchev–Trinajstić information content (AvgIpc) is 3.37. The lowest BCUT2D eigenvalue weighted by Gasteiger charge is -2.24. The van der Waals surface area contributed by atoms with E-state index in [0.717, 1.165) is 12.8 Å². The Hall–Kier alpha value is -2.61. The summed E-state index contributed by atoms with van der Waals surface area (Å²) in [5.74, 6) is -2.04. The van der Waals surface area contributed by atoms with Crippen molar-refractivity contribution in [2.45, 2.75) is 38.8 Å². The number of nitrogens with two attached hydrogens (primary N) is 2. The van der Waals surface area contributed by atoms with Crippen molar-refractivity contribution in [1.82, 2.24) is 4.57 Å². The number of nitrogen functional groups attached to an aromatic ring is 1. The third-order valence-electron chi connectivity index (χ3n) is 5.81. The molecule has 2 aromatic rings. The minimum atomic E-state index is -1.34. The second kappa shape index (κ2) is 5.69. The fraction of sp³-hybridized carbons (Fsp3) is 0.474. The molecule has 4 rings (SSSR count). The van der Waals surface area contributed by atoms with Crippen molar-refractivity contribution in [3.05, 3.63) is 33.9 Å². The van der Waals surface area contributed by atoms with Crippen LogP contribution in [-0.2, 0) is 0 Å². The predicted molar refractivity (Wildman–Crippen MR) is 102 cm³/mol. The molecule has 1 aromatic heterocycles. The second-order valence-electron chi connectivity index (χ2n) is 8.31. The molecule has 144 valence electrons. The van der Waals surface area contributed by atoms with E-state index < -0.39 is 22.8 Å². The van der Waals surface area contributed by atoms with E-state index in [1.807, 2.05) is 18.7 Å². The summed E-state index contributed by atoms with van der Waals surface area (Å²) in [6.45, 7) is 5.10. The van der Waals surface area contributed by atoms with E-state index in [4.69, 9.17) is 11.5 Å². The van der Waals surface area contributed by atoms with Crippen molar-refractivity contribution in [3.63, 3.8) is 0 Å². The van der Waals surface area contributed by atoms with Gasteiger partial charge in [-0.15, -0.1) is 0 Å². The maximum Gasteiger partial charge on any atom is 0.341 e. The summed E-state index contributed by atoms with van der Waals surface area (Å²) in [7, 11) is 0. The number of hydrogen-bond donors (Lipinski definition) is 3. The molecule has 0 bridgehead atoms. The van der Waals surface area contributed by atoms with Crippen LogP contribution in [0.25, 0.3) is 10.9 Å². The van der Waals surface area contributed by atoms with Crippen LogP contribution in [0.5, 0.6) is 0 Å². The van der Waals surface area contributed by atoms with E-state index >= 15 is 4.39 Å². The number of fused-ring (bicyclic) bond motifs is 1. The Morgan fingerprint density at radius 1 is 1.37 bits per heavy atom. The van der Waals surface area contributed by atoms with Crippen LogP contribution in [0.2, 0.25) is 0 Å². The van der Waals surface area contributed by atoms with Gasteiger partial charge in [0.1, 0.15) is 5.56 Å². The van der Waals surface area contributed by atoms with Crippen molar-refractivity contribution in [1.29, 1.82) is 0 Å². The third-order valence-corrected chi connectivity index (χ3v) is 5.81. The van der Waals surface area contributed by atoms with Crippen LogP contribution < -0.4 is 21.8 Å². The highest BCUT2D eigenvalue weighted by molar-refractivity contribution is 5.99. The lowest BCUT2D eigenvalue weighted by Crippen LogP contribution is -2.35. The van der Waals surface area contributed by atoms with Gasteiger partial charge in [-0.2, -0.15) is 0 Å². The number of halogens is 1. The molecule has 1 saturated carbocycles. The Morgan fingerprint density at radius 2 is 2.04 bits per heavy atom. The van der Waals surface area contributed by atoms with Crippen LogP contribution in [0.15, 0.2) is 17.1 Å². The molecule has 2 aliphatic rings. The van der Waals surface area contributed by atoms with Crippen LogP contribution in [0.1, 0.15) is 43.1 Å². The summed E-state index contributed by atoms with van der Waals surface area (Å²) < 4.78 is 16.9. The number of benzene rings is 1. The molecule has 1 saturated heterocycles. The minimum Gasteiger partial charge on any atom is -0.477 e. The number of anilines is 2. The molecule has 27 heavy (non-hydrogen) atoms. The van der Waals surface area contributed by atoms with Gasteiger partial charge >= 0.3 is 5.97 Å². The molecular weight excluding hydrogens is 351 g/mol. The average molecular weight is 374 g/mol. The molecule has 1 atom stereocenters. The van der Waals surface area contributed by atoms with Crippen LogP contribution in [0.3, 0.4) is 0 Å². The Bertz CT molecular complexity index is 1030. The maximum absolute atomic E-state index is 15.1. The zero-order valence-electron chi connectivity index (χ0n) is 15.3. The Morgan fingerprint density at radius 3 is 2.56 bits per heavy atom. The van der Waals surface area contributed by atoms with Gasteiger partial charge in [-0.05, 0) is 24.3 Å². The summed E-state index contributed by atoms with van der Waals surface area (Å²) in [5.41, 5.74) is 11.3. The van der Waals surface area contributed by atoms with E-state index in [9.17, 15) is 14.7 Å². The molecule has 5 N–H and O–H groups in total. The summed E-state index contributed by atoms with van der Waals surface area (Å²) in [6.07, 6.45) is 3.11. The van der Waals surface area contributed by atoms with Gasteiger partial charge in [0.05, 0.1) is 22.3 Å². The Balaban J connectivity index is 1.98. The van der Waals surface area contributed by atoms with E-state index in [-0.39, 0.29) is 28.6 Å². The smallest absolute Gasteiger partial charge is 0.341 e. The van der Waals surface area contributed by atoms with E-state index in [2.05, 4.69) is 0 Å². The van der Waals surface area contributed by atoms with Gasteiger partial charge in [0.25, 0.3) is 0 Å². The minimum absolute atomic E-state index is 0.0641. The number of aromatic carboxylic acids is 1. The first-order chi connectivity index (χ1) is 12.6. The standard InChI is InChI=1S/C19H23FN4O3/c1-19(2)8-23(7-13(19)21)12-5-11-14(16(22)15(12)20)17(25)10(18(26)27)6-24(11)9-3-4-9/h5-6,9,13H,3-4,7-8,21-22H2,1-2H3,(H,26,27). The number of pyridine rings is 1. The maximum atomic E-state index is 15.1. The Labute approximate surface area is 155 Å². The van der Waals surface area contributed by atoms with Gasteiger partial charge in [-0.1, -0.05) is 13.8 Å². The van der Waals surface area contributed by atoms with E-state index in [0.29, 0.717) is 24.3 Å². The van der Waals surface area contributed by atoms with Gasteiger partial charge in [0.2, 0.25) is 5.43 Å². The first kappa shape index (κ1) is 17.8. The predicted octanol–water partition coefficient (Wildman–Crippen LogP) is 1.93. The van der Waals surface area contributed by atoms with Crippen molar-refractivity contribution in [3.8, 4) is 0 Å². The molecule has 8 heteroatoms. The van der Waals surface area contributed by atoms with Gasteiger partial charge in [0, 0.05) is 31.4 Å². The molecule has 1 aliphatic carbocycles. The first-order valence-electron chi connectivity index (χ1n) is 9.02. The molecule has 0 spiro atoms. The number of aromatic nitrogens is 1. The third kappa shape index (κ3) is 2.66. The fourth-order valence-corrected chi connectivity index (χ4v) is 3.87. The van der Waals surface area contributed by atoms with Crippen molar-refractivity contribution in [2.24, 2.45) is 11.1 Å². The second-order valence-corrected chi connectivity index (χ2v) is 8.31. The first-order valence-corrected chi connectivity index (χ1v) is 9.02. The van der Waals surface area contributed by atoms with Gasteiger partial charge in [0.15, 0.2) is 5.82 Å². The molecule has 2 heterocycles. The quantitative estimate of drug-likeness (QED) is 0.707. The highest BCUT2D eigenvalue weighted by atomic mass is 19.1. The van der Waals surface area contributed by atoms with Crippen LogP contribution in [0.4, 0.5) is 15.8 Å². The molecule has 0 radical (unpaired) electrons. The van der Waals surface area contributed by atoms with Crippen LogP contribution in [-0.4, -0.2) is 34.8 Å². The van der Waals surface area contributed by atoms with Crippen LogP contribution >= 0.6 is 0 Å². The summed E-state index contributed by atoms with van der Waals surface area (Å²) in [5, 5.41) is 9.29. The monoisotopic (exact) mass is 374 g/mol. The molecule has 1 aliphatic heterocycles. The van der Waals surface area contributed by atoms with Gasteiger partial charge < -0.3 is 26.0 Å². The molecule has 0 amide bonds. The number of carboxylic acids is 1. The largest absolute Gasteiger partial charge is 0.477 e. The van der Waals surface area contributed by atoms with Gasteiger partial charge in [-0.3, -0.25) is 4.79 Å². The highest BCUT2D eigenvalue weighted by Crippen LogP contribution is 2.41. The molecular formula is C19H23FN4O3. The number of carboxylic acid groups (broad SMARTS) is 1. The molecule has 2 fully saturated rings. The van der Waals surface area contributed by atoms with Crippen molar-refractivity contribution < 1.29 is 14.3 Å². The SMILES string of the molecule is CC1(C)CN(c2cc3c(c(N)c2F)c(=O)c(C(=O)O)cn3C2CC2)CC1N. The van der Waals surface area contributed by atoms with Gasteiger partial charge in [-0.25, -0.2) is 9.18 Å². The Kier molecular flexibility index (Phi) is 3.75. The number of hydrogen-bond acceptors (Lipinski definition) is 5. The van der Waals surface area contributed by atoms with E-state index in [1.165, 1.54) is 6.20 Å². The fourth-order valence-electron chi connectivity index (χ4n) is 3.87. The van der Waals surface area contributed by atoms with Crippen LogP contribution in [0, 0.1) is 11.2 Å². The van der Waals surface area contributed by atoms with Crippen molar-refractivity contribution in [2.75, 3.05) is 23.7 Å².